The van der Waals surface area contributed by atoms with Crippen LogP contribution in [0.1, 0.15) is 27.6 Å². The molecule has 13 nitrogen and oxygen atoms in total. The molecule has 0 saturated heterocycles. The van der Waals surface area contributed by atoms with Crippen LogP contribution in [0.25, 0.3) is 22.6 Å². The van der Waals surface area contributed by atoms with Crippen LogP contribution in [-0.4, -0.2) is 61.3 Å². The van der Waals surface area contributed by atoms with Crippen LogP contribution in [0.15, 0.2) is 70.6 Å². The van der Waals surface area contributed by atoms with Gasteiger partial charge in [0.05, 0.1) is 19.0 Å². The van der Waals surface area contributed by atoms with Crippen LogP contribution in [-0.2, 0) is 6.54 Å². The number of ether oxygens (including phenoxy) is 1. The molecule has 2 N–H and O–H groups in total. The second kappa shape index (κ2) is 11.9. The van der Waals surface area contributed by atoms with Crippen LogP contribution < -0.4 is 15.4 Å². The summed E-state index contributed by atoms with van der Waals surface area (Å²) in [6.07, 6.45) is 6.41. The lowest BCUT2D eigenvalue weighted by Gasteiger charge is -2.08. The molecule has 0 aromatic carbocycles. The Morgan fingerprint density at radius 3 is 2.55 bits per heavy atom. The zero-order chi connectivity index (χ0) is 27.9. The van der Waals surface area contributed by atoms with Gasteiger partial charge in [-0.25, -0.2) is 15.0 Å². The maximum absolute atomic E-state index is 12.7. The molecule has 0 aliphatic rings. The van der Waals surface area contributed by atoms with E-state index in [9.17, 15) is 4.79 Å². The summed E-state index contributed by atoms with van der Waals surface area (Å²) in [7, 11) is 3.18. The molecular weight excluding hydrogens is 512 g/mol. The van der Waals surface area contributed by atoms with E-state index in [1.165, 1.54) is 6.21 Å². The normalized spacial score (nSPS) is 11.0. The molecule has 0 spiro atoms. The summed E-state index contributed by atoms with van der Waals surface area (Å²) in [6, 6.07) is 12.5. The van der Waals surface area contributed by atoms with E-state index < -0.39 is 0 Å². The van der Waals surface area contributed by atoms with E-state index in [1.807, 2.05) is 25.1 Å². The first-order chi connectivity index (χ1) is 19.5. The fourth-order valence-corrected chi connectivity index (χ4v) is 3.61. The van der Waals surface area contributed by atoms with Gasteiger partial charge in [0.2, 0.25) is 5.88 Å². The fourth-order valence-electron chi connectivity index (χ4n) is 3.61. The Bertz CT molecular complexity index is 1630. The third-order valence-electron chi connectivity index (χ3n) is 5.55. The van der Waals surface area contributed by atoms with Gasteiger partial charge < -0.3 is 19.9 Å². The molecule has 5 heterocycles. The van der Waals surface area contributed by atoms with E-state index in [2.05, 4.69) is 50.7 Å². The van der Waals surface area contributed by atoms with E-state index in [0.29, 0.717) is 29.6 Å². The third kappa shape index (κ3) is 6.27. The molecule has 0 bridgehead atoms. The van der Waals surface area contributed by atoms with E-state index in [-0.39, 0.29) is 23.4 Å². The average Bonchev–Trinajstić information content (AvgIpc) is 3.42. The van der Waals surface area contributed by atoms with Crippen molar-refractivity contribution in [1.82, 2.24) is 40.4 Å². The van der Waals surface area contributed by atoms with Crippen molar-refractivity contribution in [3.05, 3.63) is 83.9 Å². The third-order valence-corrected chi connectivity index (χ3v) is 5.55. The van der Waals surface area contributed by atoms with Gasteiger partial charge in [0.1, 0.15) is 11.5 Å². The Morgan fingerprint density at radius 2 is 1.85 bits per heavy atom. The number of hydrogen-bond donors (Lipinski definition) is 2. The minimum Gasteiger partial charge on any atom is -0.481 e. The predicted octanol–water partition coefficient (Wildman–Crippen LogP) is 3.42. The molecule has 40 heavy (non-hydrogen) atoms. The fraction of sp³-hybridized carbons (Fsp3) is 0.148. The van der Waals surface area contributed by atoms with E-state index >= 15 is 0 Å². The predicted molar refractivity (Wildman–Crippen MR) is 146 cm³/mol. The number of pyridine rings is 3. The van der Waals surface area contributed by atoms with Crippen LogP contribution in [0.4, 0.5) is 11.8 Å². The van der Waals surface area contributed by atoms with E-state index in [4.69, 9.17) is 9.26 Å². The SMILES string of the molecule is C/N=C\c1nc(Nc2cc(C)nc(-c3ccc(C(=O)NCc4ccc(-c5ccc(OC)nc5)nc4)nc3)n2)no1. The maximum Gasteiger partial charge on any atom is 0.270 e. The average molecular weight is 537 g/mol. The molecule has 0 fully saturated rings. The zero-order valence-corrected chi connectivity index (χ0v) is 21.9. The first-order valence-corrected chi connectivity index (χ1v) is 12.1. The highest BCUT2D eigenvalue weighted by Crippen LogP contribution is 2.20. The summed E-state index contributed by atoms with van der Waals surface area (Å²) in [6.45, 7) is 2.14. The lowest BCUT2D eigenvalue weighted by atomic mass is 10.1. The first kappa shape index (κ1) is 26.0. The Morgan fingerprint density at radius 1 is 1.00 bits per heavy atom. The van der Waals surface area contributed by atoms with Gasteiger partial charge in [-0.05, 0) is 41.9 Å². The van der Waals surface area contributed by atoms with Crippen molar-refractivity contribution < 1.29 is 14.1 Å². The van der Waals surface area contributed by atoms with Crippen molar-refractivity contribution in [2.24, 2.45) is 4.99 Å². The first-order valence-electron chi connectivity index (χ1n) is 12.1. The highest BCUT2D eigenvalue weighted by Gasteiger charge is 2.12. The van der Waals surface area contributed by atoms with Crippen molar-refractivity contribution >= 4 is 23.9 Å². The number of methoxy groups -OCH3 is 1. The Balaban J connectivity index is 1.21. The molecule has 200 valence electrons. The molecule has 0 saturated carbocycles. The smallest absolute Gasteiger partial charge is 0.270 e. The molecule has 0 unspecified atom stereocenters. The number of amides is 1. The number of aryl methyl sites for hydroxylation is 1. The van der Waals surface area contributed by atoms with Gasteiger partial charge in [0, 0.05) is 61.1 Å². The van der Waals surface area contributed by atoms with Gasteiger partial charge in [0.25, 0.3) is 17.7 Å². The molecule has 13 heteroatoms. The lowest BCUT2D eigenvalue weighted by Crippen LogP contribution is -2.23. The Hall–Kier alpha value is -5.59. The Labute approximate surface area is 228 Å². The van der Waals surface area contributed by atoms with Crippen LogP contribution in [0.5, 0.6) is 5.88 Å². The van der Waals surface area contributed by atoms with Crippen molar-refractivity contribution in [3.8, 4) is 28.5 Å². The lowest BCUT2D eigenvalue weighted by molar-refractivity contribution is 0.0946. The number of carbonyl (C=O) groups is 1. The number of aromatic nitrogens is 7. The van der Waals surface area contributed by atoms with Crippen LogP contribution in [0, 0.1) is 6.92 Å². The van der Waals surface area contributed by atoms with Gasteiger partial charge in [-0.2, -0.15) is 4.98 Å². The minimum atomic E-state index is -0.314. The number of rotatable bonds is 9. The van der Waals surface area contributed by atoms with Crippen molar-refractivity contribution in [2.45, 2.75) is 13.5 Å². The number of hydrogen-bond acceptors (Lipinski definition) is 12. The van der Waals surface area contributed by atoms with Crippen molar-refractivity contribution in [1.29, 1.82) is 0 Å². The van der Waals surface area contributed by atoms with E-state index in [1.54, 1.807) is 57.0 Å². The number of carbonyl (C=O) groups excluding carboxylic acids is 1. The second-order valence-corrected chi connectivity index (χ2v) is 8.44. The molecule has 1 amide bonds. The van der Waals surface area contributed by atoms with Crippen molar-refractivity contribution in [2.75, 3.05) is 19.5 Å². The molecule has 5 aromatic heterocycles. The summed E-state index contributed by atoms with van der Waals surface area (Å²) in [4.78, 5) is 42.6. The molecule has 5 aromatic rings. The summed E-state index contributed by atoms with van der Waals surface area (Å²) in [5.74, 6) is 1.65. The number of aliphatic imine (C=N–C) groups is 1. The summed E-state index contributed by atoms with van der Waals surface area (Å²) in [5, 5.41) is 9.69. The summed E-state index contributed by atoms with van der Waals surface area (Å²) in [5.41, 5.74) is 4.11. The van der Waals surface area contributed by atoms with Crippen molar-refractivity contribution in [3.63, 3.8) is 0 Å². The molecule has 0 aliphatic carbocycles. The molecule has 0 aliphatic heterocycles. The quantitative estimate of drug-likeness (QED) is 0.265. The number of nitrogens with one attached hydrogen (secondary N) is 2. The number of anilines is 2. The zero-order valence-electron chi connectivity index (χ0n) is 21.9. The second-order valence-electron chi connectivity index (χ2n) is 8.44. The van der Waals surface area contributed by atoms with Crippen LogP contribution >= 0.6 is 0 Å². The summed E-state index contributed by atoms with van der Waals surface area (Å²) < 4.78 is 10.1. The van der Waals surface area contributed by atoms with Gasteiger partial charge in [-0.15, -0.1) is 0 Å². The molecular formula is C27H24N10O3. The van der Waals surface area contributed by atoms with Gasteiger partial charge in [-0.1, -0.05) is 6.07 Å². The monoisotopic (exact) mass is 536 g/mol. The standard InChI is InChI=1S/C27H24N10O3/c1-16-10-22(35-27-36-24(15-28-2)40-37-27)34-25(33-16)19-5-8-21(30-14-19)26(38)32-12-17-4-7-20(29-11-17)18-6-9-23(39-3)31-13-18/h4-11,13-15H,12H2,1-3H3,(H,32,38)(H,33,34,35,37)/b28-15-. The largest absolute Gasteiger partial charge is 0.481 e. The maximum atomic E-state index is 12.7. The highest BCUT2D eigenvalue weighted by molar-refractivity contribution is 5.92. The molecule has 0 radical (unpaired) electrons. The molecule has 5 rings (SSSR count). The summed E-state index contributed by atoms with van der Waals surface area (Å²) >= 11 is 0. The highest BCUT2D eigenvalue weighted by atomic mass is 16.5. The van der Waals surface area contributed by atoms with Crippen LogP contribution in [0.2, 0.25) is 0 Å². The van der Waals surface area contributed by atoms with Gasteiger partial charge in [0.15, 0.2) is 5.82 Å². The minimum absolute atomic E-state index is 0.242. The molecule has 0 atom stereocenters. The Kier molecular flexibility index (Phi) is 7.72. The topological polar surface area (TPSA) is 166 Å². The number of nitrogens with zero attached hydrogens (tertiary/aromatic N) is 8. The van der Waals surface area contributed by atoms with Crippen LogP contribution in [0.3, 0.4) is 0 Å². The van der Waals surface area contributed by atoms with Gasteiger partial charge >= 0.3 is 0 Å². The van der Waals surface area contributed by atoms with Gasteiger partial charge in [-0.3, -0.25) is 19.8 Å². The van der Waals surface area contributed by atoms with E-state index in [0.717, 1.165) is 22.5 Å².